The van der Waals surface area contributed by atoms with E-state index in [1.54, 1.807) is 12.1 Å². The third kappa shape index (κ3) is 3.55. The highest BCUT2D eigenvalue weighted by Gasteiger charge is 2.13. The van der Waals surface area contributed by atoms with E-state index >= 15 is 0 Å². The molecule has 0 unspecified atom stereocenters. The molecule has 0 aromatic heterocycles. The fourth-order valence-corrected chi connectivity index (χ4v) is 2.56. The Bertz CT molecular complexity index is 640. The van der Waals surface area contributed by atoms with Crippen LogP contribution >= 0.6 is 27.5 Å². The van der Waals surface area contributed by atoms with Crippen LogP contribution in [0.5, 0.6) is 0 Å². The van der Waals surface area contributed by atoms with Gasteiger partial charge in [-0.1, -0.05) is 29.8 Å². The fraction of sp³-hybridized carbons (Fsp3) is 0.0714. The maximum absolute atomic E-state index is 13.4. The van der Waals surface area contributed by atoms with E-state index in [0.29, 0.717) is 4.47 Å². The first kappa shape index (κ1) is 14.9. The molecule has 0 aliphatic rings. The average molecular weight is 361 g/mol. The number of carbonyl (C=O) groups is 1. The van der Waals surface area contributed by atoms with Gasteiger partial charge >= 0.3 is 0 Å². The van der Waals surface area contributed by atoms with Gasteiger partial charge < -0.3 is 5.32 Å². The van der Waals surface area contributed by atoms with E-state index in [2.05, 4.69) is 21.2 Å². The van der Waals surface area contributed by atoms with E-state index in [4.69, 9.17) is 11.6 Å². The van der Waals surface area contributed by atoms with E-state index in [-0.39, 0.29) is 22.7 Å². The number of carbonyl (C=O) groups excluding carboxylic acids is 1. The Hall–Kier alpha value is -1.46. The molecule has 2 nitrogen and oxygen atoms in total. The maximum Gasteiger partial charge on any atom is 0.228 e. The van der Waals surface area contributed by atoms with Crippen molar-refractivity contribution < 1.29 is 13.6 Å². The van der Waals surface area contributed by atoms with Gasteiger partial charge in [0.2, 0.25) is 5.91 Å². The minimum absolute atomic E-state index is 0.0683. The topological polar surface area (TPSA) is 29.1 Å². The zero-order valence-corrected chi connectivity index (χ0v) is 12.4. The Labute approximate surface area is 127 Å². The molecule has 0 aliphatic heterocycles. The SMILES string of the molecule is O=C(Cc1ccccc1F)Nc1c(Cl)cc(F)cc1Br. The number of hydrogen-bond donors (Lipinski definition) is 1. The highest BCUT2D eigenvalue weighted by atomic mass is 79.9. The van der Waals surface area contributed by atoms with Gasteiger partial charge in [-0.05, 0) is 39.7 Å². The number of rotatable bonds is 3. The summed E-state index contributed by atoms with van der Waals surface area (Å²) in [6.45, 7) is 0. The molecule has 2 aromatic carbocycles. The van der Waals surface area contributed by atoms with Crippen molar-refractivity contribution in [2.24, 2.45) is 0 Å². The predicted molar refractivity (Wildman–Crippen MR) is 77.8 cm³/mol. The number of hydrogen-bond acceptors (Lipinski definition) is 1. The molecule has 0 saturated heterocycles. The van der Waals surface area contributed by atoms with E-state index in [1.807, 2.05) is 0 Å². The van der Waals surface area contributed by atoms with Crippen LogP contribution in [0.25, 0.3) is 0 Å². The Morgan fingerprint density at radius 2 is 1.95 bits per heavy atom. The summed E-state index contributed by atoms with van der Waals surface area (Å²) < 4.78 is 26.8. The van der Waals surface area contributed by atoms with E-state index < -0.39 is 17.5 Å². The molecular formula is C14H9BrClF2NO. The number of nitrogens with one attached hydrogen (secondary N) is 1. The summed E-state index contributed by atoms with van der Waals surface area (Å²) in [6, 6.07) is 8.27. The summed E-state index contributed by atoms with van der Waals surface area (Å²) >= 11 is 8.97. The Morgan fingerprint density at radius 3 is 2.60 bits per heavy atom. The van der Waals surface area contributed by atoms with Gasteiger partial charge in [0.25, 0.3) is 0 Å². The molecule has 0 bridgehead atoms. The number of halogens is 4. The Balaban J connectivity index is 2.15. The molecule has 0 fully saturated rings. The van der Waals surface area contributed by atoms with Gasteiger partial charge in [0, 0.05) is 4.47 Å². The lowest BCUT2D eigenvalue weighted by Gasteiger charge is -2.10. The van der Waals surface area contributed by atoms with Crippen LogP contribution in [0.2, 0.25) is 5.02 Å². The standard InChI is InChI=1S/C14H9BrClF2NO/c15-10-6-9(17)7-11(16)14(10)19-13(20)5-8-3-1-2-4-12(8)18/h1-4,6-7H,5H2,(H,19,20). The Kier molecular flexibility index (Phi) is 4.73. The summed E-state index contributed by atoms with van der Waals surface area (Å²) in [4.78, 5) is 11.9. The van der Waals surface area contributed by atoms with Gasteiger partial charge in [-0.3, -0.25) is 4.79 Å². The lowest BCUT2D eigenvalue weighted by Crippen LogP contribution is -2.16. The zero-order valence-electron chi connectivity index (χ0n) is 10.1. The highest BCUT2D eigenvalue weighted by molar-refractivity contribution is 9.10. The third-order valence-corrected chi connectivity index (χ3v) is 3.50. The summed E-state index contributed by atoms with van der Waals surface area (Å²) in [5.74, 6) is -1.41. The first-order valence-corrected chi connectivity index (χ1v) is 6.82. The highest BCUT2D eigenvalue weighted by Crippen LogP contribution is 2.31. The van der Waals surface area contributed by atoms with Crippen LogP contribution in [0.15, 0.2) is 40.9 Å². The molecule has 6 heteroatoms. The molecule has 20 heavy (non-hydrogen) atoms. The van der Waals surface area contributed by atoms with Crippen molar-refractivity contribution in [1.29, 1.82) is 0 Å². The number of benzene rings is 2. The monoisotopic (exact) mass is 359 g/mol. The van der Waals surface area contributed by atoms with Crippen molar-refractivity contribution in [3.05, 3.63) is 63.1 Å². The van der Waals surface area contributed by atoms with E-state index in [9.17, 15) is 13.6 Å². The molecule has 104 valence electrons. The molecule has 0 spiro atoms. The lowest BCUT2D eigenvalue weighted by molar-refractivity contribution is -0.115. The predicted octanol–water partition coefficient (Wildman–Crippen LogP) is 4.56. The van der Waals surface area contributed by atoms with Crippen molar-refractivity contribution in [3.63, 3.8) is 0 Å². The van der Waals surface area contributed by atoms with Gasteiger partial charge in [-0.15, -0.1) is 0 Å². The van der Waals surface area contributed by atoms with Gasteiger partial charge in [0.15, 0.2) is 0 Å². The van der Waals surface area contributed by atoms with Crippen LogP contribution in [0.4, 0.5) is 14.5 Å². The summed E-state index contributed by atoms with van der Waals surface area (Å²) in [5.41, 5.74) is 0.536. The lowest BCUT2D eigenvalue weighted by atomic mass is 10.1. The summed E-state index contributed by atoms with van der Waals surface area (Å²) in [5, 5.41) is 2.60. The number of anilines is 1. The maximum atomic E-state index is 13.4. The Morgan fingerprint density at radius 1 is 1.25 bits per heavy atom. The van der Waals surface area contributed by atoms with E-state index in [1.165, 1.54) is 18.2 Å². The van der Waals surface area contributed by atoms with Crippen LogP contribution in [0.3, 0.4) is 0 Å². The third-order valence-electron chi connectivity index (χ3n) is 2.58. The van der Waals surface area contributed by atoms with Crippen LogP contribution < -0.4 is 5.32 Å². The second-order valence-electron chi connectivity index (χ2n) is 4.06. The molecule has 0 atom stereocenters. The minimum atomic E-state index is -0.519. The van der Waals surface area contributed by atoms with Crippen molar-refractivity contribution in [2.75, 3.05) is 5.32 Å². The van der Waals surface area contributed by atoms with Gasteiger partial charge in [-0.2, -0.15) is 0 Å². The quantitative estimate of drug-likeness (QED) is 0.854. The molecule has 0 heterocycles. The largest absolute Gasteiger partial charge is 0.324 e. The molecule has 2 rings (SSSR count). The van der Waals surface area contributed by atoms with Crippen LogP contribution in [0.1, 0.15) is 5.56 Å². The van der Waals surface area contributed by atoms with Gasteiger partial charge in [-0.25, -0.2) is 8.78 Å². The van der Waals surface area contributed by atoms with Crippen molar-refractivity contribution in [3.8, 4) is 0 Å². The molecule has 1 amide bonds. The molecule has 0 aliphatic carbocycles. The fourth-order valence-electron chi connectivity index (χ4n) is 1.66. The smallest absolute Gasteiger partial charge is 0.228 e. The molecular weight excluding hydrogens is 352 g/mol. The van der Waals surface area contributed by atoms with Crippen molar-refractivity contribution in [1.82, 2.24) is 0 Å². The first-order chi connectivity index (χ1) is 9.47. The van der Waals surface area contributed by atoms with Crippen LogP contribution in [-0.2, 0) is 11.2 Å². The van der Waals surface area contributed by atoms with Crippen molar-refractivity contribution >= 4 is 39.1 Å². The molecule has 0 radical (unpaired) electrons. The number of amides is 1. The zero-order chi connectivity index (χ0) is 14.7. The summed E-state index contributed by atoms with van der Waals surface area (Å²) in [6.07, 6.45) is -0.132. The second kappa shape index (κ2) is 6.33. The minimum Gasteiger partial charge on any atom is -0.324 e. The van der Waals surface area contributed by atoms with Crippen LogP contribution in [-0.4, -0.2) is 5.91 Å². The van der Waals surface area contributed by atoms with Crippen LogP contribution in [0, 0.1) is 11.6 Å². The summed E-state index contributed by atoms with van der Waals surface area (Å²) in [7, 11) is 0. The molecule has 0 saturated carbocycles. The molecule has 1 N–H and O–H groups in total. The molecule has 2 aromatic rings. The van der Waals surface area contributed by atoms with Gasteiger partial charge in [0.1, 0.15) is 11.6 Å². The van der Waals surface area contributed by atoms with Crippen molar-refractivity contribution in [2.45, 2.75) is 6.42 Å². The van der Waals surface area contributed by atoms with E-state index in [0.717, 1.165) is 6.07 Å². The normalized spacial score (nSPS) is 10.4. The average Bonchev–Trinajstić information content (AvgIpc) is 2.36. The van der Waals surface area contributed by atoms with Gasteiger partial charge in [0.05, 0.1) is 17.1 Å². The second-order valence-corrected chi connectivity index (χ2v) is 5.32. The first-order valence-electron chi connectivity index (χ1n) is 5.65.